The number of carbonyl (C=O) groups excluding carboxylic acids is 1. The Morgan fingerprint density at radius 2 is 1.57 bits per heavy atom. The van der Waals surface area contributed by atoms with Gasteiger partial charge in [0.05, 0.1) is 6.42 Å². The summed E-state index contributed by atoms with van der Waals surface area (Å²) >= 11 is 0. The minimum Gasteiger partial charge on any atom is -0.461 e. The van der Waals surface area contributed by atoms with Crippen molar-refractivity contribution in [3.8, 4) is 0 Å². The van der Waals surface area contributed by atoms with Crippen LogP contribution in [0.5, 0.6) is 0 Å². The Balaban J connectivity index is 2.89. The van der Waals surface area contributed by atoms with Gasteiger partial charge in [-0.3, -0.25) is 4.79 Å². The molecule has 1 heterocycles. The van der Waals surface area contributed by atoms with Crippen molar-refractivity contribution >= 4 is 5.97 Å². The van der Waals surface area contributed by atoms with Gasteiger partial charge in [-0.15, -0.1) is 0 Å². The van der Waals surface area contributed by atoms with Gasteiger partial charge in [0.25, 0.3) is 0 Å². The topological polar surface area (TPSA) is 26.3 Å². The fourth-order valence-corrected chi connectivity index (χ4v) is 2.10. The van der Waals surface area contributed by atoms with Crippen molar-refractivity contribution in [3.05, 3.63) is 0 Å². The second-order valence-electron chi connectivity index (χ2n) is 6.45. The molecule has 0 aromatic heterocycles. The Hall–Kier alpha value is -0.530. The third kappa shape index (κ3) is 2.28. The zero-order valence-electron chi connectivity index (χ0n) is 10.2. The van der Waals surface area contributed by atoms with Crippen LogP contribution in [-0.4, -0.2) is 12.1 Å². The van der Waals surface area contributed by atoms with Gasteiger partial charge < -0.3 is 4.74 Å². The molecule has 0 aromatic carbocycles. The van der Waals surface area contributed by atoms with Gasteiger partial charge >= 0.3 is 5.97 Å². The van der Waals surface area contributed by atoms with Crippen LogP contribution in [0.25, 0.3) is 0 Å². The van der Waals surface area contributed by atoms with Crippen LogP contribution < -0.4 is 0 Å². The molecule has 0 amide bonds. The highest BCUT2D eigenvalue weighted by Gasteiger charge is 2.47. The van der Waals surface area contributed by atoms with E-state index in [1.165, 1.54) is 0 Å². The summed E-state index contributed by atoms with van der Waals surface area (Å²) in [6, 6.07) is 0. The van der Waals surface area contributed by atoms with Crippen LogP contribution >= 0.6 is 0 Å². The second-order valence-corrected chi connectivity index (χ2v) is 6.45. The quantitative estimate of drug-likeness (QED) is 0.559. The van der Waals surface area contributed by atoms with Crippen molar-refractivity contribution in [2.24, 2.45) is 16.7 Å². The predicted octanol–water partition coefficient (Wildman–Crippen LogP) is 3.01. The molecule has 1 aliphatic heterocycles. The van der Waals surface area contributed by atoms with Crippen molar-refractivity contribution in [1.82, 2.24) is 0 Å². The maximum absolute atomic E-state index is 11.3. The van der Waals surface area contributed by atoms with E-state index in [-0.39, 0.29) is 22.9 Å². The number of hydrogen-bond acceptors (Lipinski definition) is 2. The van der Waals surface area contributed by atoms with Gasteiger partial charge in [-0.05, 0) is 10.8 Å². The number of cyclic esters (lactones) is 1. The van der Waals surface area contributed by atoms with E-state index in [1.54, 1.807) is 0 Å². The SMILES string of the molecule is CC(C)(C)C1CC(=O)OC1C(C)(C)C. The van der Waals surface area contributed by atoms with Crippen molar-refractivity contribution in [2.75, 3.05) is 0 Å². The molecule has 1 aliphatic rings. The van der Waals surface area contributed by atoms with Crippen molar-refractivity contribution in [3.63, 3.8) is 0 Å². The maximum atomic E-state index is 11.3. The van der Waals surface area contributed by atoms with E-state index in [0.717, 1.165) is 0 Å². The van der Waals surface area contributed by atoms with Crippen LogP contribution in [0.4, 0.5) is 0 Å². The van der Waals surface area contributed by atoms with Crippen LogP contribution in [0, 0.1) is 16.7 Å². The number of rotatable bonds is 0. The molecule has 2 unspecified atom stereocenters. The van der Waals surface area contributed by atoms with Gasteiger partial charge in [-0.25, -0.2) is 0 Å². The largest absolute Gasteiger partial charge is 0.461 e. The fraction of sp³-hybridized carbons (Fsp3) is 0.917. The lowest BCUT2D eigenvalue weighted by atomic mass is 9.70. The van der Waals surface area contributed by atoms with Gasteiger partial charge in [0.2, 0.25) is 0 Å². The summed E-state index contributed by atoms with van der Waals surface area (Å²) < 4.78 is 5.43. The summed E-state index contributed by atoms with van der Waals surface area (Å²) in [5, 5.41) is 0. The van der Waals surface area contributed by atoms with Crippen LogP contribution in [0.2, 0.25) is 0 Å². The molecule has 0 bridgehead atoms. The zero-order chi connectivity index (χ0) is 11.1. The summed E-state index contributed by atoms with van der Waals surface area (Å²) in [7, 11) is 0. The van der Waals surface area contributed by atoms with Crippen LogP contribution in [-0.2, 0) is 9.53 Å². The summed E-state index contributed by atoms with van der Waals surface area (Å²) in [5.74, 6) is 0.305. The summed E-state index contributed by atoms with van der Waals surface area (Å²) in [4.78, 5) is 11.3. The molecular formula is C12H22O2. The van der Waals surface area contributed by atoms with Crippen LogP contribution in [0.3, 0.4) is 0 Å². The number of esters is 1. The number of ether oxygens (including phenoxy) is 1. The highest BCUT2D eigenvalue weighted by Crippen LogP contribution is 2.44. The van der Waals surface area contributed by atoms with Gasteiger partial charge in [0, 0.05) is 5.92 Å². The zero-order valence-corrected chi connectivity index (χ0v) is 10.2. The lowest BCUT2D eigenvalue weighted by Gasteiger charge is -2.36. The Labute approximate surface area is 87.0 Å². The molecule has 2 atom stereocenters. The molecular weight excluding hydrogens is 176 g/mol. The summed E-state index contributed by atoms with van der Waals surface area (Å²) in [5.41, 5.74) is 0.189. The molecule has 0 aliphatic carbocycles. The van der Waals surface area contributed by atoms with Gasteiger partial charge in [-0.2, -0.15) is 0 Å². The highest BCUT2D eigenvalue weighted by molar-refractivity contribution is 5.72. The van der Waals surface area contributed by atoms with E-state index in [1.807, 2.05) is 0 Å². The number of hydrogen-bond donors (Lipinski definition) is 0. The Morgan fingerprint density at radius 3 is 1.86 bits per heavy atom. The minimum absolute atomic E-state index is 0.0372. The van der Waals surface area contributed by atoms with Crippen LogP contribution in [0.1, 0.15) is 48.0 Å². The summed E-state index contributed by atoms with van der Waals surface area (Å²) in [6.07, 6.45) is 0.640. The van der Waals surface area contributed by atoms with E-state index in [9.17, 15) is 4.79 Å². The molecule has 0 aromatic rings. The molecule has 2 heteroatoms. The maximum Gasteiger partial charge on any atom is 0.306 e. The molecule has 1 saturated heterocycles. The average molecular weight is 198 g/mol. The van der Waals surface area contributed by atoms with E-state index in [2.05, 4.69) is 41.5 Å². The van der Waals surface area contributed by atoms with Gasteiger partial charge in [0.1, 0.15) is 6.10 Å². The van der Waals surface area contributed by atoms with E-state index in [0.29, 0.717) is 12.3 Å². The van der Waals surface area contributed by atoms with Crippen molar-refractivity contribution < 1.29 is 9.53 Å². The molecule has 0 N–H and O–H groups in total. The highest BCUT2D eigenvalue weighted by atomic mass is 16.6. The first kappa shape index (κ1) is 11.5. The predicted molar refractivity (Wildman–Crippen MR) is 56.9 cm³/mol. The minimum atomic E-state index is -0.0372. The first-order chi connectivity index (χ1) is 6.12. The standard InChI is InChI=1S/C12H22O2/c1-11(2,3)8-7-9(13)14-10(8)12(4,5)6/h8,10H,7H2,1-6H3. The molecule has 82 valence electrons. The lowest BCUT2D eigenvalue weighted by Crippen LogP contribution is -2.37. The molecule has 0 radical (unpaired) electrons. The third-order valence-electron chi connectivity index (χ3n) is 2.98. The fourth-order valence-electron chi connectivity index (χ4n) is 2.10. The summed E-state index contributed by atoms with van der Waals surface area (Å²) in [6.45, 7) is 12.9. The van der Waals surface area contributed by atoms with E-state index < -0.39 is 0 Å². The molecule has 14 heavy (non-hydrogen) atoms. The number of carbonyl (C=O) groups is 1. The molecule has 2 nitrogen and oxygen atoms in total. The van der Waals surface area contributed by atoms with Crippen molar-refractivity contribution in [2.45, 2.75) is 54.1 Å². The average Bonchev–Trinajstić information content (AvgIpc) is 2.27. The first-order valence-electron chi connectivity index (χ1n) is 5.32. The van der Waals surface area contributed by atoms with E-state index >= 15 is 0 Å². The second kappa shape index (κ2) is 3.25. The van der Waals surface area contributed by atoms with Gasteiger partial charge in [-0.1, -0.05) is 41.5 Å². The Morgan fingerprint density at radius 1 is 1.07 bits per heavy atom. The van der Waals surface area contributed by atoms with Crippen LogP contribution in [0.15, 0.2) is 0 Å². The third-order valence-corrected chi connectivity index (χ3v) is 2.98. The smallest absolute Gasteiger partial charge is 0.306 e. The molecule has 0 saturated carbocycles. The van der Waals surface area contributed by atoms with E-state index in [4.69, 9.17) is 4.74 Å². The first-order valence-corrected chi connectivity index (χ1v) is 5.32. The lowest BCUT2D eigenvalue weighted by molar-refractivity contribution is -0.145. The Bertz CT molecular complexity index is 206. The van der Waals surface area contributed by atoms with Crippen molar-refractivity contribution in [1.29, 1.82) is 0 Å². The molecule has 0 spiro atoms. The monoisotopic (exact) mass is 198 g/mol. The molecule has 1 fully saturated rings. The van der Waals surface area contributed by atoms with Gasteiger partial charge in [0.15, 0.2) is 0 Å². The Kier molecular flexibility index (Phi) is 2.68. The normalized spacial score (nSPS) is 29.1. The molecule has 1 rings (SSSR count).